The number of nitrogens with zero attached hydrogens (tertiary/aromatic N) is 2. The summed E-state index contributed by atoms with van der Waals surface area (Å²) < 4.78 is 0. The minimum atomic E-state index is -0.0128. The Bertz CT molecular complexity index is 820. The fraction of sp³-hybridized carbons (Fsp3) is 0.417. The number of hydrogen-bond acceptors (Lipinski definition) is 4. The number of hydrogen-bond donors (Lipinski definition) is 0. The number of halogens is 2. The summed E-state index contributed by atoms with van der Waals surface area (Å²) >= 11 is 11.6. The Morgan fingerprint density at radius 2 is 1.03 bits per heavy atom. The third kappa shape index (κ3) is 8.48. The fourth-order valence-corrected chi connectivity index (χ4v) is 4.08. The van der Waals surface area contributed by atoms with Crippen LogP contribution in [0, 0.1) is 0 Å². The molecular formula is C24H26Cl2N2NiO2. The van der Waals surface area contributed by atoms with E-state index < -0.39 is 0 Å². The van der Waals surface area contributed by atoms with Gasteiger partial charge < -0.3 is 10.2 Å². The average Bonchev–Trinajstić information content (AvgIpc) is 3.44. The monoisotopic (exact) mass is 502 g/mol. The summed E-state index contributed by atoms with van der Waals surface area (Å²) in [6.45, 7) is 0. The van der Waals surface area contributed by atoms with Gasteiger partial charge in [0.25, 0.3) is 0 Å². The summed E-state index contributed by atoms with van der Waals surface area (Å²) in [6.07, 6.45) is 12.9. The van der Waals surface area contributed by atoms with Gasteiger partial charge in [0.15, 0.2) is 0 Å². The van der Waals surface area contributed by atoms with Crippen LogP contribution in [0.4, 0.5) is 0 Å². The molecule has 2 fully saturated rings. The van der Waals surface area contributed by atoms with Crippen LogP contribution in [0.2, 0.25) is 10.0 Å². The second kappa shape index (κ2) is 13.1. The van der Waals surface area contributed by atoms with E-state index in [1.54, 1.807) is 36.7 Å². The molecule has 2 aliphatic rings. The molecule has 7 heteroatoms. The molecule has 0 spiro atoms. The van der Waals surface area contributed by atoms with Gasteiger partial charge in [-0.1, -0.05) is 72.5 Å². The van der Waals surface area contributed by atoms with Crippen molar-refractivity contribution >= 4 is 35.6 Å². The van der Waals surface area contributed by atoms with Gasteiger partial charge in [-0.15, -0.1) is 0 Å². The van der Waals surface area contributed by atoms with Crippen LogP contribution in [0.25, 0.3) is 0 Å². The van der Waals surface area contributed by atoms with E-state index in [-0.39, 0.29) is 28.0 Å². The van der Waals surface area contributed by atoms with E-state index in [2.05, 4.69) is 9.98 Å². The Balaban J connectivity index is 0.000000213. The SMILES string of the molecule is [Ni+2].[O-]c1ccc(Cl)cc1C=NC1CCCC1.[O-]c1ccc(Cl)cc1C=NC1CCCC1. The van der Waals surface area contributed by atoms with Gasteiger partial charge in [-0.05, 0) is 61.1 Å². The van der Waals surface area contributed by atoms with E-state index in [1.165, 1.54) is 37.8 Å². The van der Waals surface area contributed by atoms with Crippen LogP contribution in [0.3, 0.4) is 0 Å². The Hall–Kier alpha value is -1.55. The summed E-state index contributed by atoms with van der Waals surface area (Å²) in [5, 5.41) is 24.0. The van der Waals surface area contributed by atoms with Crippen molar-refractivity contribution in [3.63, 3.8) is 0 Å². The van der Waals surface area contributed by atoms with Crippen LogP contribution in [-0.4, -0.2) is 24.5 Å². The van der Waals surface area contributed by atoms with E-state index in [0.29, 0.717) is 33.3 Å². The van der Waals surface area contributed by atoms with Crippen molar-refractivity contribution in [2.45, 2.75) is 63.5 Å². The first-order valence-corrected chi connectivity index (χ1v) is 11.3. The molecular weight excluding hydrogens is 478 g/mol. The first kappa shape index (κ1) is 25.7. The maximum atomic E-state index is 11.4. The van der Waals surface area contributed by atoms with Crippen molar-refractivity contribution in [1.29, 1.82) is 0 Å². The van der Waals surface area contributed by atoms with Crippen LogP contribution >= 0.6 is 23.2 Å². The molecule has 4 nitrogen and oxygen atoms in total. The summed E-state index contributed by atoms with van der Waals surface area (Å²) in [7, 11) is 0. The molecule has 2 aromatic rings. The predicted molar refractivity (Wildman–Crippen MR) is 121 cm³/mol. The number of aliphatic imine (C=N–C) groups is 2. The van der Waals surface area contributed by atoms with Gasteiger partial charge in [-0.3, -0.25) is 9.98 Å². The maximum Gasteiger partial charge on any atom is 2.00 e. The molecule has 0 atom stereocenters. The van der Waals surface area contributed by atoms with Gasteiger partial charge in [0.1, 0.15) is 0 Å². The zero-order valence-corrected chi connectivity index (χ0v) is 19.7. The topological polar surface area (TPSA) is 70.8 Å². The summed E-state index contributed by atoms with van der Waals surface area (Å²) in [5.41, 5.74) is 1.18. The standard InChI is InChI=1S/2C12H14ClNO.Ni/c2*13-10-5-6-12(15)9(7-10)8-14-11-3-1-2-4-11;/h2*5-8,11,15H,1-4H2;/q;;+2/p-2. The minimum Gasteiger partial charge on any atom is -0.872 e. The normalized spacial score (nSPS) is 17.1. The molecule has 0 heterocycles. The molecule has 0 N–H and O–H groups in total. The molecule has 31 heavy (non-hydrogen) atoms. The van der Waals surface area contributed by atoms with Crippen LogP contribution in [0.5, 0.6) is 11.5 Å². The van der Waals surface area contributed by atoms with Gasteiger partial charge in [0, 0.05) is 34.6 Å². The second-order valence-electron chi connectivity index (χ2n) is 7.80. The Labute approximate surface area is 204 Å². The zero-order valence-electron chi connectivity index (χ0n) is 17.2. The van der Waals surface area contributed by atoms with Crippen LogP contribution in [-0.2, 0) is 16.5 Å². The van der Waals surface area contributed by atoms with Crippen molar-refractivity contribution in [1.82, 2.24) is 0 Å². The predicted octanol–water partition coefficient (Wildman–Crippen LogP) is 5.55. The molecule has 0 saturated heterocycles. The molecule has 0 bridgehead atoms. The summed E-state index contributed by atoms with van der Waals surface area (Å²) in [5.74, 6) is -0.0257. The third-order valence-corrected chi connectivity index (χ3v) is 5.91. The molecule has 0 aromatic heterocycles. The van der Waals surface area contributed by atoms with Crippen LogP contribution in [0.1, 0.15) is 62.5 Å². The summed E-state index contributed by atoms with van der Waals surface area (Å²) in [4.78, 5) is 8.82. The molecule has 0 unspecified atom stereocenters. The van der Waals surface area contributed by atoms with Gasteiger partial charge in [-0.25, -0.2) is 0 Å². The summed E-state index contributed by atoms with van der Waals surface area (Å²) in [6, 6.07) is 10.3. The van der Waals surface area contributed by atoms with Gasteiger partial charge in [0.05, 0.1) is 0 Å². The average molecular weight is 504 g/mol. The van der Waals surface area contributed by atoms with E-state index in [1.807, 2.05) is 0 Å². The number of benzene rings is 2. The van der Waals surface area contributed by atoms with E-state index in [4.69, 9.17) is 23.2 Å². The van der Waals surface area contributed by atoms with Gasteiger partial charge in [-0.2, -0.15) is 0 Å². The molecule has 168 valence electrons. The Morgan fingerprint density at radius 3 is 1.39 bits per heavy atom. The second-order valence-corrected chi connectivity index (χ2v) is 8.67. The van der Waals surface area contributed by atoms with Gasteiger partial charge in [0.2, 0.25) is 0 Å². The molecule has 2 saturated carbocycles. The molecule has 2 aliphatic carbocycles. The van der Waals surface area contributed by atoms with Gasteiger partial charge >= 0.3 is 16.5 Å². The quantitative estimate of drug-likeness (QED) is 0.405. The molecule has 0 radical (unpaired) electrons. The molecule has 0 amide bonds. The number of rotatable bonds is 4. The Kier molecular flexibility index (Phi) is 10.9. The van der Waals surface area contributed by atoms with E-state index in [9.17, 15) is 10.2 Å². The van der Waals surface area contributed by atoms with Crippen molar-refractivity contribution in [3.05, 3.63) is 57.6 Å². The van der Waals surface area contributed by atoms with Crippen molar-refractivity contribution in [2.24, 2.45) is 9.98 Å². The first-order valence-electron chi connectivity index (χ1n) is 10.5. The smallest absolute Gasteiger partial charge is 0.872 e. The van der Waals surface area contributed by atoms with Crippen LogP contribution in [0.15, 0.2) is 46.4 Å². The Morgan fingerprint density at radius 1 is 0.677 bits per heavy atom. The largest absolute Gasteiger partial charge is 2.00 e. The van der Waals surface area contributed by atoms with E-state index in [0.717, 1.165) is 25.7 Å². The zero-order chi connectivity index (χ0) is 21.3. The molecule has 0 aliphatic heterocycles. The van der Waals surface area contributed by atoms with Crippen LogP contribution < -0.4 is 10.2 Å². The third-order valence-electron chi connectivity index (χ3n) is 5.44. The van der Waals surface area contributed by atoms with E-state index >= 15 is 0 Å². The van der Waals surface area contributed by atoms with Crippen molar-refractivity contribution in [2.75, 3.05) is 0 Å². The first-order chi connectivity index (χ1) is 14.5. The molecule has 4 rings (SSSR count). The van der Waals surface area contributed by atoms with Crippen molar-refractivity contribution in [3.8, 4) is 11.5 Å². The maximum absolute atomic E-state index is 11.4. The fourth-order valence-electron chi connectivity index (χ4n) is 3.72. The minimum absolute atomic E-state index is 0. The molecule has 2 aromatic carbocycles. The van der Waals surface area contributed by atoms with Crippen molar-refractivity contribution < 1.29 is 26.7 Å².